The second-order valence-electron chi connectivity index (χ2n) is 4.57. The first-order valence-corrected chi connectivity index (χ1v) is 6.21. The number of nitrogens with one attached hydrogen (secondary N) is 1. The van der Waals surface area contributed by atoms with E-state index in [0.29, 0.717) is 11.3 Å². The Morgan fingerprint density at radius 3 is 2.90 bits per heavy atom. The second-order valence-corrected chi connectivity index (χ2v) is 4.57. The van der Waals surface area contributed by atoms with Gasteiger partial charge in [-0.2, -0.15) is 5.26 Å². The summed E-state index contributed by atoms with van der Waals surface area (Å²) in [4.78, 5) is 25.0. The van der Waals surface area contributed by atoms with Crippen molar-refractivity contribution in [1.29, 1.82) is 5.26 Å². The summed E-state index contributed by atoms with van der Waals surface area (Å²) in [6.45, 7) is 2.06. The van der Waals surface area contributed by atoms with E-state index in [-0.39, 0.29) is 30.9 Å². The van der Waals surface area contributed by atoms with Crippen LogP contribution in [0.2, 0.25) is 0 Å². The number of ether oxygens (including phenoxy) is 1. The molecule has 1 fully saturated rings. The molecule has 1 saturated heterocycles. The first-order valence-electron chi connectivity index (χ1n) is 6.21. The van der Waals surface area contributed by atoms with Crippen molar-refractivity contribution >= 4 is 11.8 Å². The zero-order chi connectivity index (χ0) is 14.7. The van der Waals surface area contributed by atoms with E-state index < -0.39 is 0 Å². The molecule has 0 bridgehead atoms. The molecule has 0 spiro atoms. The molecule has 0 aromatic heterocycles. The Balaban J connectivity index is 2.23. The van der Waals surface area contributed by atoms with Crippen molar-refractivity contribution in [1.82, 2.24) is 10.2 Å². The predicted molar refractivity (Wildman–Crippen MR) is 70.7 cm³/mol. The zero-order valence-electron chi connectivity index (χ0n) is 11.3. The highest BCUT2D eigenvalue weighted by atomic mass is 16.5. The summed E-state index contributed by atoms with van der Waals surface area (Å²) in [5, 5.41) is 11.8. The van der Waals surface area contributed by atoms with Gasteiger partial charge < -0.3 is 4.74 Å². The highest BCUT2D eigenvalue weighted by Crippen LogP contribution is 2.21. The number of rotatable bonds is 3. The number of imide groups is 1. The molecule has 0 saturated carbocycles. The predicted octanol–water partition coefficient (Wildman–Crippen LogP) is 0.414. The number of piperazine rings is 1. The molecule has 2 amide bonds. The molecule has 104 valence electrons. The lowest BCUT2D eigenvalue weighted by Gasteiger charge is -2.29. The van der Waals surface area contributed by atoms with E-state index >= 15 is 0 Å². The summed E-state index contributed by atoms with van der Waals surface area (Å²) in [5.74, 6) is -0.0610. The Morgan fingerprint density at radius 1 is 1.50 bits per heavy atom. The molecule has 2 rings (SSSR count). The van der Waals surface area contributed by atoms with Crippen molar-refractivity contribution in [3.05, 3.63) is 29.3 Å². The Hall–Kier alpha value is -2.39. The van der Waals surface area contributed by atoms with Crippen LogP contribution in [0.15, 0.2) is 18.2 Å². The monoisotopic (exact) mass is 273 g/mol. The third kappa shape index (κ3) is 2.63. The number of nitriles is 1. The van der Waals surface area contributed by atoms with E-state index in [4.69, 9.17) is 10.00 Å². The van der Waals surface area contributed by atoms with Crippen LogP contribution in [0.25, 0.3) is 0 Å². The fourth-order valence-corrected chi connectivity index (χ4v) is 2.05. The van der Waals surface area contributed by atoms with Gasteiger partial charge in [0.25, 0.3) is 0 Å². The average Bonchev–Trinajstić information content (AvgIpc) is 2.47. The van der Waals surface area contributed by atoms with Crippen LogP contribution in [-0.4, -0.2) is 36.4 Å². The fraction of sp³-hybridized carbons (Fsp3) is 0.357. The van der Waals surface area contributed by atoms with Crippen LogP contribution >= 0.6 is 0 Å². The minimum atomic E-state index is -0.368. The number of methoxy groups -OCH3 is 1. The van der Waals surface area contributed by atoms with Gasteiger partial charge in [-0.25, -0.2) is 0 Å². The highest BCUT2D eigenvalue weighted by Gasteiger charge is 2.31. The number of amides is 2. The fourth-order valence-electron chi connectivity index (χ4n) is 2.05. The molecule has 6 heteroatoms. The van der Waals surface area contributed by atoms with Crippen molar-refractivity contribution in [3.8, 4) is 11.8 Å². The first kappa shape index (κ1) is 14.0. The van der Waals surface area contributed by atoms with Gasteiger partial charge in [0.1, 0.15) is 11.8 Å². The Morgan fingerprint density at radius 2 is 2.25 bits per heavy atom. The molecule has 1 aliphatic rings. The van der Waals surface area contributed by atoms with E-state index in [1.165, 1.54) is 12.0 Å². The van der Waals surface area contributed by atoms with E-state index in [2.05, 4.69) is 5.32 Å². The first-order chi connectivity index (χ1) is 9.56. The lowest BCUT2D eigenvalue weighted by Crippen LogP contribution is -2.56. The highest BCUT2D eigenvalue weighted by molar-refractivity contribution is 6.00. The topological polar surface area (TPSA) is 82.4 Å². The maximum absolute atomic E-state index is 12.0. The summed E-state index contributed by atoms with van der Waals surface area (Å²) in [6.07, 6.45) is 0. The second kappa shape index (κ2) is 5.72. The molecule has 1 aromatic rings. The summed E-state index contributed by atoms with van der Waals surface area (Å²) in [5.41, 5.74) is 1.17. The van der Waals surface area contributed by atoms with Crippen molar-refractivity contribution < 1.29 is 14.3 Å². The molecular weight excluding hydrogens is 258 g/mol. The van der Waals surface area contributed by atoms with E-state index in [1.807, 2.05) is 6.07 Å². The zero-order valence-corrected chi connectivity index (χ0v) is 11.3. The molecule has 1 heterocycles. The quantitative estimate of drug-likeness (QED) is 0.807. The lowest BCUT2D eigenvalue weighted by atomic mass is 10.1. The number of hydrogen-bond donors (Lipinski definition) is 1. The van der Waals surface area contributed by atoms with Gasteiger partial charge in [0, 0.05) is 0 Å². The van der Waals surface area contributed by atoms with Gasteiger partial charge in [-0.3, -0.25) is 19.8 Å². The lowest BCUT2D eigenvalue weighted by molar-refractivity contribution is -0.149. The van der Waals surface area contributed by atoms with Gasteiger partial charge in [-0.05, 0) is 24.6 Å². The van der Waals surface area contributed by atoms with E-state index in [1.54, 1.807) is 25.1 Å². The molecule has 1 aliphatic heterocycles. The van der Waals surface area contributed by atoms with Gasteiger partial charge in [0.15, 0.2) is 0 Å². The normalized spacial score (nSPS) is 18.9. The molecule has 1 atom stereocenters. The molecular formula is C14H15N3O3. The van der Waals surface area contributed by atoms with E-state index in [0.717, 1.165) is 5.56 Å². The van der Waals surface area contributed by atoms with Gasteiger partial charge in [-0.1, -0.05) is 6.07 Å². The van der Waals surface area contributed by atoms with Crippen molar-refractivity contribution in [2.24, 2.45) is 0 Å². The Bertz CT molecular complexity index is 592. The molecule has 1 unspecified atom stereocenters. The van der Waals surface area contributed by atoms with Gasteiger partial charge in [-0.15, -0.1) is 0 Å². The molecule has 20 heavy (non-hydrogen) atoms. The van der Waals surface area contributed by atoms with Gasteiger partial charge >= 0.3 is 0 Å². The minimum absolute atomic E-state index is 0.153. The summed E-state index contributed by atoms with van der Waals surface area (Å²) in [7, 11) is 1.48. The average molecular weight is 273 g/mol. The number of nitrogens with zero attached hydrogens (tertiary/aromatic N) is 2. The van der Waals surface area contributed by atoms with Crippen LogP contribution in [0.3, 0.4) is 0 Å². The molecule has 0 radical (unpaired) electrons. The summed E-state index contributed by atoms with van der Waals surface area (Å²) >= 11 is 0. The SMILES string of the molecule is COc1cc(CN2C(=O)CNC(C)C2=O)ccc1C#N. The van der Waals surface area contributed by atoms with Crippen LogP contribution in [0.5, 0.6) is 5.75 Å². The van der Waals surface area contributed by atoms with Crippen molar-refractivity contribution in [3.63, 3.8) is 0 Å². The van der Waals surface area contributed by atoms with Gasteiger partial charge in [0.05, 0.1) is 31.8 Å². The van der Waals surface area contributed by atoms with Crippen molar-refractivity contribution in [2.45, 2.75) is 19.5 Å². The maximum Gasteiger partial charge on any atom is 0.246 e. The van der Waals surface area contributed by atoms with E-state index in [9.17, 15) is 9.59 Å². The van der Waals surface area contributed by atoms with Crippen LogP contribution in [-0.2, 0) is 16.1 Å². The molecule has 6 nitrogen and oxygen atoms in total. The van der Waals surface area contributed by atoms with Crippen LogP contribution < -0.4 is 10.1 Å². The smallest absolute Gasteiger partial charge is 0.246 e. The summed E-state index contributed by atoms with van der Waals surface area (Å²) in [6, 6.07) is 6.66. The molecule has 0 aliphatic carbocycles. The number of benzene rings is 1. The van der Waals surface area contributed by atoms with Crippen LogP contribution in [0.1, 0.15) is 18.1 Å². The van der Waals surface area contributed by atoms with Crippen molar-refractivity contribution in [2.75, 3.05) is 13.7 Å². The van der Waals surface area contributed by atoms with Crippen LogP contribution in [0.4, 0.5) is 0 Å². The number of carbonyl (C=O) groups excluding carboxylic acids is 2. The van der Waals surface area contributed by atoms with Gasteiger partial charge in [0.2, 0.25) is 11.8 Å². The Labute approximate surface area is 116 Å². The van der Waals surface area contributed by atoms with Crippen LogP contribution in [0, 0.1) is 11.3 Å². The molecule has 1 aromatic carbocycles. The maximum atomic E-state index is 12.0. The molecule has 1 N–H and O–H groups in total. The summed E-state index contributed by atoms with van der Waals surface area (Å²) < 4.78 is 5.12. The Kier molecular flexibility index (Phi) is 4.01. The largest absolute Gasteiger partial charge is 0.495 e. The number of carbonyl (C=O) groups is 2. The minimum Gasteiger partial charge on any atom is -0.495 e. The third-order valence-electron chi connectivity index (χ3n) is 3.22. The standard InChI is InChI=1S/C14H15N3O3/c1-9-14(19)17(13(18)7-16-9)8-10-3-4-11(6-15)12(5-10)20-2/h3-5,9,16H,7-8H2,1-2H3. The third-order valence-corrected chi connectivity index (χ3v) is 3.22. The number of hydrogen-bond acceptors (Lipinski definition) is 5.